The van der Waals surface area contributed by atoms with Crippen molar-refractivity contribution in [1.82, 2.24) is 9.97 Å². The van der Waals surface area contributed by atoms with E-state index in [0.717, 1.165) is 18.5 Å². The average molecular weight is 328 g/mol. The van der Waals surface area contributed by atoms with Gasteiger partial charge in [0.05, 0.1) is 22.7 Å². The Labute approximate surface area is 142 Å². The van der Waals surface area contributed by atoms with Crippen molar-refractivity contribution in [3.63, 3.8) is 0 Å². The molecule has 0 bridgehead atoms. The molecule has 1 heterocycles. The summed E-state index contributed by atoms with van der Waals surface area (Å²) < 4.78 is 11.6. The summed E-state index contributed by atoms with van der Waals surface area (Å²) in [5.74, 6) is 0.184. The minimum Gasteiger partial charge on any atom is -0.458 e. The Morgan fingerprint density at radius 1 is 1.21 bits per heavy atom. The summed E-state index contributed by atoms with van der Waals surface area (Å²) in [5, 5.41) is 0. The Bertz CT molecular complexity index is 742. The molecule has 0 aliphatic heterocycles. The van der Waals surface area contributed by atoms with Crippen LogP contribution in [0.3, 0.4) is 0 Å². The first-order valence-corrected chi connectivity index (χ1v) is 8.41. The number of carbonyl (C=O) groups excluding carboxylic acids is 1. The van der Waals surface area contributed by atoms with Crippen LogP contribution < -0.4 is 0 Å². The first kappa shape index (κ1) is 16.8. The van der Waals surface area contributed by atoms with Crippen LogP contribution in [0.5, 0.6) is 0 Å². The van der Waals surface area contributed by atoms with E-state index >= 15 is 0 Å². The maximum Gasteiger partial charge on any atom is 0.338 e. The van der Waals surface area contributed by atoms with Crippen molar-refractivity contribution in [2.75, 3.05) is 6.61 Å². The number of esters is 1. The Morgan fingerprint density at radius 3 is 2.58 bits per heavy atom. The van der Waals surface area contributed by atoms with E-state index in [4.69, 9.17) is 9.47 Å². The van der Waals surface area contributed by atoms with E-state index in [1.54, 1.807) is 30.6 Å². The lowest BCUT2D eigenvalue weighted by Gasteiger charge is -2.50. The topological polar surface area (TPSA) is 61.3 Å². The summed E-state index contributed by atoms with van der Waals surface area (Å²) in [6.45, 7) is 9.17. The molecular weight excluding hydrogens is 304 g/mol. The highest BCUT2D eigenvalue weighted by atomic mass is 16.6. The molecule has 1 aliphatic rings. The minimum atomic E-state index is -0.317. The number of ether oxygens (including phenoxy) is 2. The molecule has 2 aromatic rings. The van der Waals surface area contributed by atoms with Gasteiger partial charge in [-0.15, -0.1) is 0 Å². The standard InChI is InChI=1S/C19H24N2O3/c1-12(2)11-23-16-10-17(19(16,3)4)24-18(22)13-5-6-14-15(9-13)21-8-7-20-14/h5-9,12,16-17H,10-11H2,1-4H3/t16-,17-/m0/s1. The maximum atomic E-state index is 12.4. The van der Waals surface area contributed by atoms with E-state index < -0.39 is 0 Å². The maximum absolute atomic E-state index is 12.4. The molecule has 1 aromatic heterocycles. The van der Waals surface area contributed by atoms with Crippen LogP contribution in [-0.2, 0) is 9.47 Å². The highest BCUT2D eigenvalue weighted by molar-refractivity contribution is 5.93. The number of benzene rings is 1. The molecule has 128 valence electrons. The van der Waals surface area contributed by atoms with Gasteiger partial charge in [0.1, 0.15) is 6.10 Å². The van der Waals surface area contributed by atoms with Crippen LogP contribution in [0, 0.1) is 11.3 Å². The van der Waals surface area contributed by atoms with Gasteiger partial charge in [-0.2, -0.15) is 0 Å². The zero-order valence-electron chi connectivity index (χ0n) is 14.7. The second kappa shape index (κ2) is 6.48. The van der Waals surface area contributed by atoms with Crippen LogP contribution in [0.4, 0.5) is 0 Å². The molecule has 1 aliphatic carbocycles. The molecule has 24 heavy (non-hydrogen) atoms. The van der Waals surface area contributed by atoms with E-state index in [0.29, 0.717) is 17.0 Å². The fraction of sp³-hybridized carbons (Fsp3) is 0.526. The molecule has 1 saturated carbocycles. The predicted molar refractivity (Wildman–Crippen MR) is 91.7 cm³/mol. The van der Waals surface area contributed by atoms with E-state index in [1.165, 1.54) is 0 Å². The molecule has 0 N–H and O–H groups in total. The zero-order valence-corrected chi connectivity index (χ0v) is 14.7. The van der Waals surface area contributed by atoms with Crippen LogP contribution in [-0.4, -0.2) is 34.8 Å². The summed E-state index contributed by atoms with van der Waals surface area (Å²) in [4.78, 5) is 20.9. The van der Waals surface area contributed by atoms with Gasteiger partial charge in [-0.1, -0.05) is 27.7 Å². The normalized spacial score (nSPS) is 22.4. The number of nitrogens with zero attached hydrogens (tertiary/aromatic N) is 2. The Kier molecular flexibility index (Phi) is 4.54. The van der Waals surface area contributed by atoms with Crippen LogP contribution in [0.2, 0.25) is 0 Å². The largest absolute Gasteiger partial charge is 0.458 e. The molecule has 5 nitrogen and oxygen atoms in total. The summed E-state index contributed by atoms with van der Waals surface area (Å²) in [6.07, 6.45) is 4.01. The van der Waals surface area contributed by atoms with Gasteiger partial charge in [-0.3, -0.25) is 9.97 Å². The van der Waals surface area contributed by atoms with E-state index in [1.807, 2.05) is 0 Å². The van der Waals surface area contributed by atoms with Gasteiger partial charge in [0.25, 0.3) is 0 Å². The summed E-state index contributed by atoms with van der Waals surface area (Å²) >= 11 is 0. The van der Waals surface area contributed by atoms with Gasteiger partial charge in [-0.05, 0) is 24.1 Å². The van der Waals surface area contributed by atoms with Crippen LogP contribution in [0.15, 0.2) is 30.6 Å². The third kappa shape index (κ3) is 3.26. The average Bonchev–Trinajstić information content (AvgIpc) is 2.56. The molecular formula is C19H24N2O3. The second-order valence-electron chi connectivity index (χ2n) is 7.43. The quantitative estimate of drug-likeness (QED) is 0.784. The fourth-order valence-corrected chi connectivity index (χ4v) is 2.93. The first-order valence-electron chi connectivity index (χ1n) is 8.41. The fourth-order valence-electron chi connectivity index (χ4n) is 2.93. The molecule has 0 amide bonds. The van der Waals surface area contributed by atoms with Crippen LogP contribution >= 0.6 is 0 Å². The van der Waals surface area contributed by atoms with E-state index in [2.05, 4.69) is 37.7 Å². The molecule has 0 spiro atoms. The highest BCUT2D eigenvalue weighted by Gasteiger charge is 2.51. The number of carbonyl (C=O) groups is 1. The lowest BCUT2D eigenvalue weighted by molar-refractivity contribution is -0.180. The highest BCUT2D eigenvalue weighted by Crippen LogP contribution is 2.45. The number of rotatable bonds is 5. The van der Waals surface area contributed by atoms with Crippen LogP contribution in [0.1, 0.15) is 44.5 Å². The van der Waals surface area contributed by atoms with Crippen molar-refractivity contribution < 1.29 is 14.3 Å². The first-order chi connectivity index (χ1) is 11.4. The second-order valence-corrected chi connectivity index (χ2v) is 7.43. The lowest BCUT2D eigenvalue weighted by atomic mass is 9.66. The molecule has 0 radical (unpaired) electrons. The van der Waals surface area contributed by atoms with Crippen molar-refractivity contribution in [2.24, 2.45) is 11.3 Å². The monoisotopic (exact) mass is 328 g/mol. The molecule has 3 rings (SSSR count). The number of fused-ring (bicyclic) bond motifs is 1. The summed E-state index contributed by atoms with van der Waals surface area (Å²) in [5.41, 5.74) is 1.80. The molecule has 1 fully saturated rings. The molecule has 5 heteroatoms. The molecule has 2 atom stereocenters. The van der Waals surface area contributed by atoms with Gasteiger partial charge in [0, 0.05) is 30.8 Å². The van der Waals surface area contributed by atoms with E-state index in [9.17, 15) is 4.79 Å². The molecule has 0 saturated heterocycles. The SMILES string of the molecule is CC(C)CO[C@H]1C[C@H](OC(=O)c2ccc3nccnc3c2)C1(C)C. The van der Waals surface area contributed by atoms with Crippen molar-refractivity contribution in [3.8, 4) is 0 Å². The van der Waals surface area contributed by atoms with Crippen molar-refractivity contribution in [3.05, 3.63) is 36.2 Å². The van der Waals surface area contributed by atoms with Gasteiger partial charge < -0.3 is 9.47 Å². The van der Waals surface area contributed by atoms with Gasteiger partial charge in [0.15, 0.2) is 0 Å². The van der Waals surface area contributed by atoms with Gasteiger partial charge in [0.2, 0.25) is 0 Å². The smallest absolute Gasteiger partial charge is 0.338 e. The minimum absolute atomic E-state index is 0.125. The summed E-state index contributed by atoms with van der Waals surface area (Å²) in [6, 6.07) is 5.25. The zero-order chi connectivity index (χ0) is 17.3. The van der Waals surface area contributed by atoms with Crippen molar-refractivity contribution in [2.45, 2.75) is 46.3 Å². The third-order valence-corrected chi connectivity index (χ3v) is 4.67. The number of hydrogen-bond acceptors (Lipinski definition) is 5. The van der Waals surface area contributed by atoms with Crippen molar-refractivity contribution in [1.29, 1.82) is 0 Å². The Hall–Kier alpha value is -2.01. The number of hydrogen-bond donors (Lipinski definition) is 0. The van der Waals surface area contributed by atoms with Crippen LogP contribution in [0.25, 0.3) is 11.0 Å². The molecule has 1 aromatic carbocycles. The lowest BCUT2D eigenvalue weighted by Crippen LogP contribution is -2.56. The third-order valence-electron chi connectivity index (χ3n) is 4.67. The van der Waals surface area contributed by atoms with Crippen molar-refractivity contribution >= 4 is 17.0 Å². The van der Waals surface area contributed by atoms with Gasteiger partial charge >= 0.3 is 5.97 Å². The molecule has 0 unspecified atom stereocenters. The van der Waals surface area contributed by atoms with Gasteiger partial charge in [-0.25, -0.2) is 4.79 Å². The van der Waals surface area contributed by atoms with E-state index in [-0.39, 0.29) is 23.6 Å². The Morgan fingerprint density at radius 2 is 1.92 bits per heavy atom. The summed E-state index contributed by atoms with van der Waals surface area (Å²) in [7, 11) is 0. The predicted octanol–water partition coefficient (Wildman–Crippen LogP) is 3.63. The number of aromatic nitrogens is 2. The Balaban J connectivity index is 1.64.